The van der Waals surface area contributed by atoms with Crippen molar-refractivity contribution in [2.75, 3.05) is 19.0 Å². The number of carbonyl (C=O) groups excluding carboxylic acids is 5. The minimum atomic E-state index is -2.72. The predicted molar refractivity (Wildman–Crippen MR) is 132 cm³/mol. The number of phenolic OH excluding ortho intramolecular Hbond substituents is 3. The van der Waals surface area contributed by atoms with Gasteiger partial charge in [-0.15, -0.1) is 0 Å². The third kappa shape index (κ3) is 3.34. The van der Waals surface area contributed by atoms with Crippen LogP contribution >= 0.6 is 0 Å². The molecule has 198 valence electrons. The lowest BCUT2D eigenvalue weighted by molar-refractivity contribution is -0.175. The fourth-order valence-electron chi connectivity index (χ4n) is 6.32. The van der Waals surface area contributed by atoms with Gasteiger partial charge in [0.15, 0.2) is 46.2 Å². The summed E-state index contributed by atoms with van der Waals surface area (Å²) in [5.41, 5.74) is 3.81. The number of phenols is 3. The lowest BCUT2D eigenvalue weighted by Gasteiger charge is -2.48. The van der Waals surface area contributed by atoms with Crippen molar-refractivity contribution in [2.45, 2.75) is 24.9 Å². The number of nitrogens with zero attached hydrogens (tertiary/aromatic N) is 1. The van der Waals surface area contributed by atoms with Crippen LogP contribution in [0.5, 0.6) is 17.2 Å². The second kappa shape index (κ2) is 8.38. The first kappa shape index (κ1) is 25.4. The molecule has 0 heterocycles. The molecule has 5 atom stereocenters. The Kier molecular flexibility index (Phi) is 5.60. The third-order valence-electron chi connectivity index (χ3n) is 8.15. The van der Waals surface area contributed by atoms with Gasteiger partial charge in [0.2, 0.25) is 5.91 Å². The highest BCUT2D eigenvalue weighted by molar-refractivity contribution is 6.31. The van der Waals surface area contributed by atoms with Gasteiger partial charge in [-0.05, 0) is 48.1 Å². The molecule has 5 rings (SSSR count). The van der Waals surface area contributed by atoms with Crippen LogP contribution in [0.25, 0.3) is 11.1 Å². The number of aliphatic hydroxyl groups is 1. The first-order valence-electron chi connectivity index (χ1n) is 12.0. The fraction of sp³-hybridized carbons (Fsp3) is 0.370. The summed E-state index contributed by atoms with van der Waals surface area (Å²) in [5, 5.41) is 42.3. The molecule has 2 aromatic rings. The van der Waals surface area contributed by atoms with E-state index in [0.717, 1.165) is 0 Å². The average molecular weight is 523 g/mol. The van der Waals surface area contributed by atoms with Crippen LogP contribution in [0.2, 0.25) is 0 Å². The van der Waals surface area contributed by atoms with Crippen molar-refractivity contribution in [1.29, 1.82) is 0 Å². The smallest absolute Gasteiger partial charge is 0.235 e. The Morgan fingerprint density at radius 3 is 2.29 bits per heavy atom. The van der Waals surface area contributed by atoms with E-state index in [9.17, 15) is 44.4 Å². The van der Waals surface area contributed by atoms with Crippen LogP contribution in [0, 0.1) is 23.7 Å². The first-order valence-corrected chi connectivity index (χ1v) is 12.0. The van der Waals surface area contributed by atoms with Crippen LogP contribution in [-0.2, 0) is 25.6 Å². The summed E-state index contributed by atoms with van der Waals surface area (Å²) < 4.78 is 0. The molecule has 2 fully saturated rings. The van der Waals surface area contributed by atoms with E-state index in [1.807, 2.05) is 0 Å². The Hall–Kier alpha value is -4.25. The maximum Gasteiger partial charge on any atom is 0.235 e. The summed E-state index contributed by atoms with van der Waals surface area (Å²) >= 11 is 0. The zero-order chi connectivity index (χ0) is 27.8. The molecule has 38 heavy (non-hydrogen) atoms. The van der Waals surface area contributed by atoms with Crippen LogP contribution in [0.4, 0.5) is 5.69 Å². The van der Waals surface area contributed by atoms with Crippen molar-refractivity contribution >= 4 is 34.7 Å². The lowest BCUT2D eigenvalue weighted by atomic mass is 9.53. The Labute approximate surface area is 216 Å². The Balaban J connectivity index is 1.66. The minimum absolute atomic E-state index is 0.00225. The fourth-order valence-corrected chi connectivity index (χ4v) is 6.32. The van der Waals surface area contributed by atoms with E-state index >= 15 is 0 Å². The molecule has 0 spiro atoms. The molecule has 3 aliphatic rings. The molecule has 11 nitrogen and oxygen atoms in total. The highest BCUT2D eigenvalue weighted by atomic mass is 16.3. The quantitative estimate of drug-likeness (QED) is 0.279. The first-order chi connectivity index (χ1) is 17.8. The second-order valence-electron chi connectivity index (χ2n) is 10.5. The topological polar surface area (TPSA) is 196 Å². The van der Waals surface area contributed by atoms with Crippen molar-refractivity contribution in [3.63, 3.8) is 0 Å². The number of hydrogen-bond acceptors (Lipinski definition) is 10. The number of aromatic hydroxyl groups is 3. The standard InChI is InChI=1S/C27H26N2O9/c1-29(2)15-9-13(10-3-4-16(30)17(31)7-10)22(33)20-14(15)6-11-5-12-8-18(32)21(26(28)37)25(36)27(12,38)24(35)19(11)23(20)34/h3-4,7,9,11-12,19,21,30-31,33,38H,5-6,8H2,1-2H3,(H2,28,37)/t11-,12+,19?,21?,27+/m1/s1. The van der Waals surface area contributed by atoms with Gasteiger partial charge >= 0.3 is 0 Å². The zero-order valence-corrected chi connectivity index (χ0v) is 20.6. The second-order valence-corrected chi connectivity index (χ2v) is 10.5. The maximum atomic E-state index is 13.9. The molecule has 0 saturated heterocycles. The van der Waals surface area contributed by atoms with Crippen LogP contribution in [0.3, 0.4) is 0 Å². The number of fused-ring (bicyclic) bond motifs is 3. The van der Waals surface area contributed by atoms with Crippen LogP contribution in [0.1, 0.15) is 28.8 Å². The van der Waals surface area contributed by atoms with Crippen LogP contribution < -0.4 is 10.6 Å². The van der Waals surface area contributed by atoms with Crippen molar-refractivity contribution in [3.8, 4) is 28.4 Å². The molecular weight excluding hydrogens is 496 g/mol. The summed E-state index contributed by atoms with van der Waals surface area (Å²) in [6.45, 7) is 0. The number of hydrogen-bond donors (Lipinski definition) is 5. The lowest BCUT2D eigenvalue weighted by Crippen LogP contribution is -2.68. The van der Waals surface area contributed by atoms with Gasteiger partial charge in [-0.25, -0.2) is 0 Å². The van der Waals surface area contributed by atoms with E-state index < -0.39 is 76.2 Å². The molecule has 11 heteroatoms. The number of rotatable bonds is 3. The van der Waals surface area contributed by atoms with Crippen molar-refractivity contribution in [3.05, 3.63) is 35.4 Å². The van der Waals surface area contributed by atoms with E-state index in [1.54, 1.807) is 25.1 Å². The normalized spacial score (nSPS) is 28.4. The van der Waals surface area contributed by atoms with Gasteiger partial charge in [0.05, 0.1) is 11.5 Å². The number of benzene rings is 2. The van der Waals surface area contributed by atoms with Crippen molar-refractivity contribution in [1.82, 2.24) is 0 Å². The van der Waals surface area contributed by atoms with Gasteiger partial charge in [-0.1, -0.05) is 6.07 Å². The SMILES string of the molecule is CN(C)c1cc(-c2ccc(O)c(O)c2)c(O)c2c1C[C@H]1C[C@H]3CC(=O)C(C(N)=O)C(=O)[C@@]3(O)C(=O)C1C2=O. The number of anilines is 1. The van der Waals surface area contributed by atoms with Gasteiger partial charge < -0.3 is 31.1 Å². The van der Waals surface area contributed by atoms with E-state index in [0.29, 0.717) is 11.3 Å². The predicted octanol–water partition coefficient (Wildman–Crippen LogP) is 0.471. The number of Topliss-reactive ketones (excluding diaryl/α,β-unsaturated/α-hetero) is 4. The van der Waals surface area contributed by atoms with Crippen molar-refractivity contribution in [2.24, 2.45) is 29.4 Å². The summed E-state index contributed by atoms with van der Waals surface area (Å²) in [6.07, 6.45) is -0.253. The maximum absolute atomic E-state index is 13.9. The van der Waals surface area contributed by atoms with Gasteiger partial charge in [0.1, 0.15) is 5.75 Å². The van der Waals surface area contributed by atoms with Crippen LogP contribution in [0.15, 0.2) is 24.3 Å². The minimum Gasteiger partial charge on any atom is -0.507 e. The molecule has 1 amide bonds. The molecule has 0 bridgehead atoms. The highest BCUT2D eigenvalue weighted by Crippen LogP contribution is 2.52. The number of nitrogens with two attached hydrogens (primary N) is 1. The van der Waals surface area contributed by atoms with Crippen molar-refractivity contribution < 1.29 is 44.4 Å². The molecule has 3 aliphatic carbocycles. The number of ketones is 4. The molecule has 2 saturated carbocycles. The molecule has 2 unspecified atom stereocenters. The van der Waals surface area contributed by atoms with Gasteiger partial charge in [-0.2, -0.15) is 0 Å². The summed E-state index contributed by atoms with van der Waals surface area (Å²) in [4.78, 5) is 66.7. The Morgan fingerprint density at radius 1 is 1.00 bits per heavy atom. The van der Waals surface area contributed by atoms with Gasteiger partial charge in [0, 0.05) is 37.7 Å². The summed E-state index contributed by atoms with van der Waals surface area (Å²) in [7, 11) is 3.46. The summed E-state index contributed by atoms with van der Waals surface area (Å²) in [5.74, 6) is -11.7. The Morgan fingerprint density at radius 2 is 1.68 bits per heavy atom. The zero-order valence-electron chi connectivity index (χ0n) is 20.6. The molecule has 6 N–H and O–H groups in total. The molecule has 0 radical (unpaired) electrons. The number of amides is 1. The van der Waals surface area contributed by atoms with E-state index in [-0.39, 0.29) is 35.3 Å². The van der Waals surface area contributed by atoms with Gasteiger partial charge in [-0.3, -0.25) is 24.0 Å². The largest absolute Gasteiger partial charge is 0.507 e. The van der Waals surface area contributed by atoms with Gasteiger partial charge in [0.25, 0.3) is 0 Å². The highest BCUT2D eigenvalue weighted by Gasteiger charge is 2.66. The summed E-state index contributed by atoms with van der Waals surface area (Å²) in [6, 6.07) is 5.50. The van der Waals surface area contributed by atoms with E-state index in [2.05, 4.69) is 0 Å². The third-order valence-corrected chi connectivity index (χ3v) is 8.15. The number of primary amides is 1. The van der Waals surface area contributed by atoms with Crippen LogP contribution in [-0.4, -0.2) is 69.2 Å². The molecule has 0 aromatic heterocycles. The molecular formula is C27H26N2O9. The molecule has 0 aliphatic heterocycles. The number of carbonyl (C=O) groups is 5. The monoisotopic (exact) mass is 522 g/mol. The van der Waals surface area contributed by atoms with E-state index in [4.69, 9.17) is 5.73 Å². The van der Waals surface area contributed by atoms with E-state index in [1.165, 1.54) is 18.2 Å². The molecule has 2 aromatic carbocycles. The average Bonchev–Trinajstić information content (AvgIpc) is 2.83. The Bertz CT molecular complexity index is 1460.